The van der Waals surface area contributed by atoms with Crippen LogP contribution in [0.4, 0.5) is 0 Å². The molecule has 0 bridgehead atoms. The summed E-state index contributed by atoms with van der Waals surface area (Å²) in [6.07, 6.45) is 8.67. The van der Waals surface area contributed by atoms with E-state index in [9.17, 15) is 0 Å². The Kier molecular flexibility index (Phi) is 2.81. The molecule has 5 atom stereocenters. The van der Waals surface area contributed by atoms with Gasteiger partial charge < -0.3 is 0 Å². The Hall–Kier alpha value is -0.780. The summed E-state index contributed by atoms with van der Waals surface area (Å²) in [6, 6.07) is 7.26. The topological polar surface area (TPSA) is 0 Å². The molecule has 0 heterocycles. The molecule has 0 aromatic heterocycles. The van der Waals surface area contributed by atoms with Crippen molar-refractivity contribution in [3.63, 3.8) is 0 Å². The second-order valence-corrected chi connectivity index (χ2v) is 8.14. The highest BCUT2D eigenvalue weighted by Gasteiger charge is 2.53. The third-order valence-corrected chi connectivity index (χ3v) is 7.36. The smallest absolute Gasteiger partial charge is 0.0128 e. The van der Waals surface area contributed by atoms with E-state index >= 15 is 0 Å². The predicted molar refractivity (Wildman–Crippen MR) is 85.0 cm³/mol. The number of hydrogen-bond donors (Lipinski definition) is 0. The van der Waals surface area contributed by atoms with Gasteiger partial charge in [0, 0.05) is 0 Å². The van der Waals surface area contributed by atoms with Crippen LogP contribution in [0, 0.1) is 30.1 Å². The van der Waals surface area contributed by atoms with Crippen LogP contribution >= 0.6 is 0 Å². The van der Waals surface area contributed by atoms with Crippen LogP contribution in [0.2, 0.25) is 0 Å². The van der Waals surface area contributed by atoms with E-state index in [1.807, 2.05) is 0 Å². The largest absolute Gasteiger partial charge is 0.0620 e. The van der Waals surface area contributed by atoms with Crippen molar-refractivity contribution in [2.24, 2.45) is 23.2 Å². The SMILES string of the molecule is Cc1ccc2c(c1)CCC1C2CC[C@]2(C)C(C)CCC12. The quantitative estimate of drug-likeness (QED) is 0.584. The Morgan fingerprint density at radius 1 is 1.10 bits per heavy atom. The van der Waals surface area contributed by atoms with Crippen LogP contribution in [0.15, 0.2) is 18.2 Å². The van der Waals surface area contributed by atoms with Crippen molar-refractivity contribution in [3.05, 3.63) is 34.9 Å². The molecular formula is C20H28. The molecule has 3 aliphatic rings. The molecule has 2 saturated carbocycles. The van der Waals surface area contributed by atoms with E-state index in [0.29, 0.717) is 5.41 Å². The van der Waals surface area contributed by atoms with Crippen LogP contribution in [0.1, 0.15) is 68.6 Å². The van der Waals surface area contributed by atoms with Gasteiger partial charge >= 0.3 is 0 Å². The molecule has 0 saturated heterocycles. The highest BCUT2D eigenvalue weighted by molar-refractivity contribution is 5.37. The third-order valence-electron chi connectivity index (χ3n) is 7.36. The van der Waals surface area contributed by atoms with E-state index in [4.69, 9.17) is 0 Å². The highest BCUT2D eigenvalue weighted by Crippen LogP contribution is 2.62. The molecule has 0 aliphatic heterocycles. The molecule has 108 valence electrons. The first-order valence-electron chi connectivity index (χ1n) is 8.69. The van der Waals surface area contributed by atoms with Crippen LogP contribution in [0.3, 0.4) is 0 Å². The lowest BCUT2D eigenvalue weighted by atomic mass is 9.54. The second-order valence-electron chi connectivity index (χ2n) is 8.14. The number of hydrogen-bond acceptors (Lipinski definition) is 0. The minimum absolute atomic E-state index is 0.656. The number of fused-ring (bicyclic) bond motifs is 5. The van der Waals surface area contributed by atoms with Crippen LogP contribution < -0.4 is 0 Å². The van der Waals surface area contributed by atoms with Crippen molar-refractivity contribution >= 4 is 0 Å². The van der Waals surface area contributed by atoms with Crippen molar-refractivity contribution in [1.29, 1.82) is 0 Å². The van der Waals surface area contributed by atoms with E-state index < -0.39 is 0 Å². The van der Waals surface area contributed by atoms with Gasteiger partial charge in [-0.3, -0.25) is 0 Å². The van der Waals surface area contributed by atoms with Crippen molar-refractivity contribution in [2.45, 2.75) is 65.2 Å². The van der Waals surface area contributed by atoms with Crippen molar-refractivity contribution in [1.82, 2.24) is 0 Å². The zero-order valence-corrected chi connectivity index (χ0v) is 13.3. The molecule has 0 N–H and O–H groups in total. The standard InChI is InChI=1S/C20H28/c1-13-4-7-16-15(12-13)6-8-18-17(16)10-11-20(3)14(2)5-9-19(18)20/h4,7,12,14,17-19H,5-6,8-11H2,1-3H3/t14?,17?,18?,19?,20-/m1/s1. The van der Waals surface area contributed by atoms with Gasteiger partial charge in [0.1, 0.15) is 0 Å². The molecule has 4 unspecified atom stereocenters. The van der Waals surface area contributed by atoms with Gasteiger partial charge in [-0.25, -0.2) is 0 Å². The lowest BCUT2D eigenvalue weighted by molar-refractivity contribution is 0.0337. The molecule has 0 spiro atoms. The van der Waals surface area contributed by atoms with E-state index in [0.717, 1.165) is 23.7 Å². The summed E-state index contributed by atoms with van der Waals surface area (Å²) >= 11 is 0. The van der Waals surface area contributed by atoms with E-state index in [1.165, 1.54) is 44.1 Å². The Morgan fingerprint density at radius 2 is 1.95 bits per heavy atom. The molecule has 0 radical (unpaired) electrons. The Balaban J connectivity index is 1.71. The Morgan fingerprint density at radius 3 is 2.80 bits per heavy atom. The Labute approximate surface area is 124 Å². The van der Waals surface area contributed by atoms with Crippen molar-refractivity contribution in [2.75, 3.05) is 0 Å². The summed E-state index contributed by atoms with van der Waals surface area (Å²) in [5, 5.41) is 0. The average Bonchev–Trinajstić information content (AvgIpc) is 2.74. The number of aryl methyl sites for hydroxylation is 2. The first-order valence-corrected chi connectivity index (χ1v) is 8.69. The van der Waals surface area contributed by atoms with Crippen LogP contribution in [0.5, 0.6) is 0 Å². The maximum Gasteiger partial charge on any atom is -0.0128 e. The fourth-order valence-corrected chi connectivity index (χ4v) is 5.97. The molecule has 4 rings (SSSR count). The van der Waals surface area contributed by atoms with Gasteiger partial charge in [-0.05, 0) is 85.7 Å². The molecular weight excluding hydrogens is 240 g/mol. The van der Waals surface area contributed by atoms with E-state index in [2.05, 4.69) is 39.0 Å². The van der Waals surface area contributed by atoms with Crippen molar-refractivity contribution < 1.29 is 0 Å². The van der Waals surface area contributed by atoms with Gasteiger partial charge in [0.25, 0.3) is 0 Å². The lowest BCUT2D eigenvalue weighted by Crippen LogP contribution is -2.41. The normalized spacial score (nSPS) is 42.8. The molecule has 20 heavy (non-hydrogen) atoms. The van der Waals surface area contributed by atoms with Crippen LogP contribution in [-0.2, 0) is 6.42 Å². The highest BCUT2D eigenvalue weighted by atomic mass is 14.6. The van der Waals surface area contributed by atoms with Gasteiger partial charge in [0.15, 0.2) is 0 Å². The summed E-state index contributed by atoms with van der Waals surface area (Å²) in [5.41, 5.74) is 5.48. The van der Waals surface area contributed by atoms with Gasteiger partial charge in [-0.15, -0.1) is 0 Å². The molecule has 1 aromatic rings. The van der Waals surface area contributed by atoms with Gasteiger partial charge in [0.2, 0.25) is 0 Å². The fraction of sp³-hybridized carbons (Fsp3) is 0.700. The summed E-state index contributed by atoms with van der Waals surface area (Å²) in [6.45, 7) is 7.36. The minimum Gasteiger partial charge on any atom is -0.0620 e. The molecule has 0 amide bonds. The fourth-order valence-electron chi connectivity index (χ4n) is 5.97. The third kappa shape index (κ3) is 1.66. The second kappa shape index (κ2) is 4.36. The van der Waals surface area contributed by atoms with Gasteiger partial charge in [-0.1, -0.05) is 37.6 Å². The maximum atomic E-state index is 2.61. The number of rotatable bonds is 0. The number of benzene rings is 1. The van der Waals surface area contributed by atoms with Crippen molar-refractivity contribution in [3.8, 4) is 0 Å². The zero-order chi connectivity index (χ0) is 13.9. The summed E-state index contributed by atoms with van der Waals surface area (Å²) < 4.78 is 0. The first-order chi connectivity index (χ1) is 9.59. The monoisotopic (exact) mass is 268 g/mol. The van der Waals surface area contributed by atoms with Gasteiger partial charge in [0.05, 0.1) is 0 Å². The summed E-state index contributed by atoms with van der Waals surface area (Å²) in [5.74, 6) is 3.81. The van der Waals surface area contributed by atoms with E-state index in [1.54, 1.807) is 11.1 Å². The summed E-state index contributed by atoms with van der Waals surface area (Å²) in [7, 11) is 0. The van der Waals surface area contributed by atoms with Gasteiger partial charge in [-0.2, -0.15) is 0 Å². The minimum atomic E-state index is 0.656. The Bertz CT molecular complexity index is 529. The molecule has 0 heteroatoms. The maximum absolute atomic E-state index is 2.61. The zero-order valence-electron chi connectivity index (χ0n) is 13.3. The van der Waals surface area contributed by atoms with Crippen LogP contribution in [0.25, 0.3) is 0 Å². The molecule has 2 fully saturated rings. The molecule has 0 nitrogen and oxygen atoms in total. The molecule has 1 aromatic carbocycles. The van der Waals surface area contributed by atoms with E-state index in [-0.39, 0.29) is 0 Å². The lowest BCUT2D eigenvalue weighted by Gasteiger charge is -2.50. The first kappa shape index (κ1) is 12.9. The molecule has 3 aliphatic carbocycles. The van der Waals surface area contributed by atoms with Crippen LogP contribution in [-0.4, -0.2) is 0 Å². The average molecular weight is 268 g/mol. The predicted octanol–water partition coefficient (Wildman–Crippen LogP) is 5.49. The summed E-state index contributed by atoms with van der Waals surface area (Å²) in [4.78, 5) is 0.